The van der Waals surface area contributed by atoms with Gasteiger partial charge in [-0.3, -0.25) is 4.79 Å². The average molecular weight is 298 g/mol. The van der Waals surface area contributed by atoms with Gasteiger partial charge in [0.25, 0.3) is 0 Å². The van der Waals surface area contributed by atoms with E-state index >= 15 is 0 Å². The van der Waals surface area contributed by atoms with Gasteiger partial charge in [0.1, 0.15) is 5.82 Å². The van der Waals surface area contributed by atoms with E-state index in [9.17, 15) is 17.6 Å². The zero-order chi connectivity index (χ0) is 14.6. The summed E-state index contributed by atoms with van der Waals surface area (Å²) >= 11 is 0. The number of halogens is 1. The number of rotatable bonds is 6. The van der Waals surface area contributed by atoms with Crippen LogP contribution in [0, 0.1) is 11.7 Å². The van der Waals surface area contributed by atoms with Crippen LogP contribution < -0.4 is 0 Å². The Bertz CT molecular complexity index is 557. The molecule has 1 aromatic rings. The highest BCUT2D eigenvalue weighted by Gasteiger charge is 2.23. The van der Waals surface area contributed by atoms with Crippen molar-refractivity contribution in [3.05, 3.63) is 35.6 Å². The largest absolute Gasteiger partial charge is 0.294 e. The third-order valence-electron chi connectivity index (χ3n) is 3.77. The fourth-order valence-corrected chi connectivity index (χ4v) is 4.36. The predicted octanol–water partition coefficient (Wildman–Crippen LogP) is 3.00. The lowest BCUT2D eigenvalue weighted by Gasteiger charge is -2.09. The molecule has 0 bridgehead atoms. The molecular weight excluding hydrogens is 279 g/mol. The molecule has 5 heteroatoms. The standard InChI is InChI=1S/C15H19FO3S/c16-14-7-5-13(6-8-14)15(17)9-10-20(18,19)11-12-3-1-2-4-12/h5-8,12H,1-4,9-11H2. The Labute approximate surface area is 119 Å². The lowest BCUT2D eigenvalue weighted by molar-refractivity contribution is 0.0988. The van der Waals surface area contributed by atoms with Gasteiger partial charge in [-0.1, -0.05) is 12.8 Å². The number of ketones is 1. The number of carbonyl (C=O) groups is 1. The molecule has 1 fully saturated rings. The summed E-state index contributed by atoms with van der Waals surface area (Å²) in [6.07, 6.45) is 4.14. The summed E-state index contributed by atoms with van der Waals surface area (Å²) in [6, 6.07) is 5.20. The predicted molar refractivity (Wildman–Crippen MR) is 76.0 cm³/mol. The smallest absolute Gasteiger partial charge is 0.163 e. The van der Waals surface area contributed by atoms with E-state index in [-0.39, 0.29) is 29.6 Å². The summed E-state index contributed by atoms with van der Waals surface area (Å²) in [4.78, 5) is 11.9. The molecule has 0 atom stereocenters. The topological polar surface area (TPSA) is 51.2 Å². The molecule has 0 saturated heterocycles. The van der Waals surface area contributed by atoms with Gasteiger partial charge in [0.15, 0.2) is 15.6 Å². The summed E-state index contributed by atoms with van der Waals surface area (Å²) in [5.41, 5.74) is 0.363. The first-order valence-electron chi connectivity index (χ1n) is 6.95. The molecule has 0 spiro atoms. The van der Waals surface area contributed by atoms with Gasteiger partial charge in [-0.05, 0) is 43.0 Å². The molecule has 0 N–H and O–H groups in total. The highest BCUT2D eigenvalue weighted by Crippen LogP contribution is 2.26. The second kappa shape index (κ2) is 6.48. The van der Waals surface area contributed by atoms with Crippen LogP contribution in [0.3, 0.4) is 0 Å². The molecule has 20 heavy (non-hydrogen) atoms. The van der Waals surface area contributed by atoms with Crippen molar-refractivity contribution in [3.63, 3.8) is 0 Å². The maximum Gasteiger partial charge on any atom is 0.163 e. The molecule has 0 amide bonds. The molecule has 0 aliphatic heterocycles. The summed E-state index contributed by atoms with van der Waals surface area (Å²) in [5.74, 6) is -0.306. The van der Waals surface area contributed by atoms with E-state index in [1.54, 1.807) is 0 Å². The summed E-state index contributed by atoms with van der Waals surface area (Å²) in [6.45, 7) is 0. The molecule has 0 unspecified atom stereocenters. The van der Waals surface area contributed by atoms with E-state index in [2.05, 4.69) is 0 Å². The van der Waals surface area contributed by atoms with Crippen LogP contribution in [0.5, 0.6) is 0 Å². The van der Waals surface area contributed by atoms with Crippen LogP contribution in [0.1, 0.15) is 42.5 Å². The molecule has 0 aromatic heterocycles. The molecule has 1 saturated carbocycles. The number of hydrogen-bond acceptors (Lipinski definition) is 3. The van der Waals surface area contributed by atoms with Gasteiger partial charge in [-0.15, -0.1) is 0 Å². The van der Waals surface area contributed by atoms with Crippen LogP contribution in [0.4, 0.5) is 4.39 Å². The number of sulfone groups is 1. The SMILES string of the molecule is O=C(CCS(=O)(=O)CC1CCCC1)c1ccc(F)cc1. The number of hydrogen-bond donors (Lipinski definition) is 0. The van der Waals surface area contributed by atoms with E-state index in [1.165, 1.54) is 24.3 Å². The zero-order valence-electron chi connectivity index (χ0n) is 11.3. The van der Waals surface area contributed by atoms with Gasteiger partial charge in [0, 0.05) is 12.0 Å². The zero-order valence-corrected chi connectivity index (χ0v) is 12.2. The van der Waals surface area contributed by atoms with Crippen LogP contribution in [0.15, 0.2) is 24.3 Å². The summed E-state index contributed by atoms with van der Waals surface area (Å²) in [7, 11) is -3.17. The highest BCUT2D eigenvalue weighted by atomic mass is 32.2. The fraction of sp³-hybridized carbons (Fsp3) is 0.533. The quantitative estimate of drug-likeness (QED) is 0.759. The van der Waals surface area contributed by atoms with E-state index in [1.807, 2.05) is 0 Å². The van der Waals surface area contributed by atoms with Crippen molar-refractivity contribution in [2.24, 2.45) is 5.92 Å². The monoisotopic (exact) mass is 298 g/mol. The molecule has 1 aromatic carbocycles. The molecular formula is C15H19FO3S. The Morgan fingerprint density at radius 1 is 1.15 bits per heavy atom. The van der Waals surface area contributed by atoms with Crippen molar-refractivity contribution >= 4 is 15.6 Å². The van der Waals surface area contributed by atoms with Crippen molar-refractivity contribution in [1.29, 1.82) is 0 Å². The Hall–Kier alpha value is -1.23. The molecule has 0 heterocycles. The maximum atomic E-state index is 12.7. The van der Waals surface area contributed by atoms with Crippen LogP contribution in [-0.4, -0.2) is 25.7 Å². The van der Waals surface area contributed by atoms with Crippen molar-refractivity contribution in [3.8, 4) is 0 Å². The minimum Gasteiger partial charge on any atom is -0.294 e. The van der Waals surface area contributed by atoms with E-state index in [0.29, 0.717) is 5.56 Å². The number of Topliss-reactive ketones (excluding diaryl/α,β-unsaturated/α-hetero) is 1. The summed E-state index contributed by atoms with van der Waals surface area (Å²) < 4.78 is 36.7. The Morgan fingerprint density at radius 3 is 2.35 bits per heavy atom. The first-order chi connectivity index (χ1) is 9.46. The van der Waals surface area contributed by atoms with Gasteiger partial charge in [-0.2, -0.15) is 0 Å². The van der Waals surface area contributed by atoms with Gasteiger partial charge < -0.3 is 0 Å². The molecule has 1 aliphatic rings. The molecule has 110 valence electrons. The van der Waals surface area contributed by atoms with Crippen LogP contribution in [0.25, 0.3) is 0 Å². The van der Waals surface area contributed by atoms with E-state index in [0.717, 1.165) is 25.7 Å². The van der Waals surface area contributed by atoms with Gasteiger partial charge in [-0.25, -0.2) is 12.8 Å². The summed E-state index contributed by atoms with van der Waals surface area (Å²) in [5, 5.41) is 0. The van der Waals surface area contributed by atoms with E-state index in [4.69, 9.17) is 0 Å². The van der Waals surface area contributed by atoms with Gasteiger partial charge >= 0.3 is 0 Å². The fourth-order valence-electron chi connectivity index (χ4n) is 2.65. The Kier molecular flexibility index (Phi) is 4.91. The molecule has 3 nitrogen and oxygen atoms in total. The van der Waals surface area contributed by atoms with Crippen molar-refractivity contribution in [2.75, 3.05) is 11.5 Å². The number of benzene rings is 1. The Morgan fingerprint density at radius 2 is 1.75 bits per heavy atom. The molecule has 2 rings (SSSR count). The third kappa shape index (κ3) is 4.40. The maximum absolute atomic E-state index is 12.7. The normalized spacial score (nSPS) is 16.4. The van der Waals surface area contributed by atoms with Crippen molar-refractivity contribution in [1.82, 2.24) is 0 Å². The van der Waals surface area contributed by atoms with Crippen molar-refractivity contribution < 1.29 is 17.6 Å². The van der Waals surface area contributed by atoms with Crippen molar-refractivity contribution in [2.45, 2.75) is 32.1 Å². The van der Waals surface area contributed by atoms with Gasteiger partial charge in [0.05, 0.1) is 11.5 Å². The second-order valence-electron chi connectivity index (χ2n) is 5.44. The third-order valence-corrected chi connectivity index (χ3v) is 5.58. The van der Waals surface area contributed by atoms with E-state index < -0.39 is 15.7 Å². The van der Waals surface area contributed by atoms with Gasteiger partial charge in [0.2, 0.25) is 0 Å². The van der Waals surface area contributed by atoms with Crippen LogP contribution in [0.2, 0.25) is 0 Å². The second-order valence-corrected chi connectivity index (χ2v) is 7.67. The van der Waals surface area contributed by atoms with Crippen LogP contribution >= 0.6 is 0 Å². The first-order valence-corrected chi connectivity index (χ1v) is 8.77. The first kappa shape index (κ1) is 15.2. The number of carbonyl (C=O) groups excluding carboxylic acids is 1. The molecule has 1 aliphatic carbocycles. The Balaban J connectivity index is 1.87. The lowest BCUT2D eigenvalue weighted by atomic mass is 10.1. The average Bonchev–Trinajstić information content (AvgIpc) is 2.89. The minimum atomic E-state index is -3.17. The molecule has 0 radical (unpaired) electrons. The lowest BCUT2D eigenvalue weighted by Crippen LogP contribution is -2.19. The highest BCUT2D eigenvalue weighted by molar-refractivity contribution is 7.91. The van der Waals surface area contributed by atoms with Crippen LogP contribution in [-0.2, 0) is 9.84 Å². The minimum absolute atomic E-state index is 0.0271.